The number of pyridine rings is 1. The second-order valence-electron chi connectivity index (χ2n) is 9.05. The Morgan fingerprint density at radius 1 is 0.971 bits per heavy atom. The molecule has 0 amide bonds. The van der Waals surface area contributed by atoms with Crippen molar-refractivity contribution in [1.82, 2.24) is 10.3 Å². The van der Waals surface area contributed by atoms with Crippen LogP contribution in [0.2, 0.25) is 0 Å². The normalized spacial score (nSPS) is 17.4. The van der Waals surface area contributed by atoms with Gasteiger partial charge < -0.3 is 5.11 Å². The van der Waals surface area contributed by atoms with Gasteiger partial charge in [-0.25, -0.2) is 0 Å². The SMILES string of the molecule is OC(CC1CCCC1)NC(Cc1ccccc1)(c1cccc(C(F)(F)F)c1)c1ccc(Br)cn1. The maximum absolute atomic E-state index is 13.7. The Bertz CT molecular complexity index is 1070. The predicted molar refractivity (Wildman–Crippen MR) is 130 cm³/mol. The highest BCUT2D eigenvalue weighted by Crippen LogP contribution is 2.38. The number of nitrogens with zero attached hydrogens (tertiary/aromatic N) is 1. The van der Waals surface area contributed by atoms with Gasteiger partial charge in [0.05, 0.1) is 16.8 Å². The fraction of sp³-hybridized carbons (Fsp3) is 0.370. The van der Waals surface area contributed by atoms with E-state index in [9.17, 15) is 18.3 Å². The number of alkyl halides is 3. The van der Waals surface area contributed by atoms with E-state index in [4.69, 9.17) is 0 Å². The number of halogens is 4. The van der Waals surface area contributed by atoms with Crippen LogP contribution in [0.25, 0.3) is 0 Å². The van der Waals surface area contributed by atoms with E-state index in [0.29, 0.717) is 30.0 Å². The summed E-state index contributed by atoms with van der Waals surface area (Å²) in [5.41, 5.74) is -0.0194. The lowest BCUT2D eigenvalue weighted by Crippen LogP contribution is -2.51. The maximum Gasteiger partial charge on any atom is 0.416 e. The summed E-state index contributed by atoms with van der Waals surface area (Å²) in [4.78, 5) is 4.60. The molecule has 0 spiro atoms. The fourth-order valence-corrected chi connectivity index (χ4v) is 5.18. The molecule has 1 aromatic heterocycles. The zero-order chi connectivity index (χ0) is 24.2. The van der Waals surface area contributed by atoms with Crippen molar-refractivity contribution >= 4 is 15.9 Å². The van der Waals surface area contributed by atoms with Gasteiger partial charge in [-0.15, -0.1) is 0 Å². The van der Waals surface area contributed by atoms with Gasteiger partial charge in [0.2, 0.25) is 0 Å². The van der Waals surface area contributed by atoms with Crippen LogP contribution in [0.5, 0.6) is 0 Å². The van der Waals surface area contributed by atoms with Crippen LogP contribution in [-0.4, -0.2) is 16.3 Å². The highest BCUT2D eigenvalue weighted by Gasteiger charge is 2.40. The molecular formula is C27H28BrF3N2O. The molecule has 1 fully saturated rings. The standard InChI is InChI=1S/C27H28BrF3N2O/c28-23-13-14-24(32-18-23)26(17-20-9-2-1-3-10-20,33-25(34)15-19-7-4-5-8-19)21-11-6-12-22(16-21)27(29,30)31/h1-3,6,9-14,16,18-19,25,33-34H,4-5,7-8,15,17H2. The van der Waals surface area contributed by atoms with Gasteiger partial charge in [0.1, 0.15) is 6.23 Å². The summed E-state index contributed by atoms with van der Waals surface area (Å²) in [6, 6.07) is 18.5. The summed E-state index contributed by atoms with van der Waals surface area (Å²) in [5, 5.41) is 14.5. The smallest absolute Gasteiger partial charge is 0.379 e. The molecule has 2 N–H and O–H groups in total. The van der Waals surface area contributed by atoms with Crippen molar-refractivity contribution < 1.29 is 18.3 Å². The first-order valence-corrected chi connectivity index (χ1v) is 12.3. The number of aliphatic hydroxyl groups is 1. The van der Waals surface area contributed by atoms with E-state index in [0.717, 1.165) is 41.8 Å². The highest BCUT2D eigenvalue weighted by atomic mass is 79.9. The Morgan fingerprint density at radius 3 is 2.32 bits per heavy atom. The van der Waals surface area contributed by atoms with Gasteiger partial charge in [0, 0.05) is 17.1 Å². The third-order valence-electron chi connectivity index (χ3n) is 6.60. The van der Waals surface area contributed by atoms with E-state index < -0.39 is 23.5 Å². The summed E-state index contributed by atoms with van der Waals surface area (Å²) in [5.74, 6) is 0.399. The molecule has 0 saturated heterocycles. The number of benzene rings is 2. The van der Waals surface area contributed by atoms with Crippen molar-refractivity contribution in [3.63, 3.8) is 0 Å². The Hall–Kier alpha value is -2.22. The molecule has 7 heteroatoms. The van der Waals surface area contributed by atoms with Crippen molar-refractivity contribution in [2.24, 2.45) is 5.92 Å². The zero-order valence-corrected chi connectivity index (χ0v) is 20.3. The van der Waals surface area contributed by atoms with E-state index in [1.54, 1.807) is 18.3 Å². The minimum Gasteiger partial charge on any atom is -0.379 e. The quantitative estimate of drug-likeness (QED) is 0.312. The maximum atomic E-state index is 13.7. The van der Waals surface area contributed by atoms with Crippen molar-refractivity contribution in [3.8, 4) is 0 Å². The number of rotatable bonds is 8. The van der Waals surface area contributed by atoms with Gasteiger partial charge >= 0.3 is 6.18 Å². The lowest BCUT2D eigenvalue weighted by Gasteiger charge is -2.38. The van der Waals surface area contributed by atoms with Gasteiger partial charge in [-0.3, -0.25) is 10.3 Å². The first-order valence-electron chi connectivity index (χ1n) is 11.6. The van der Waals surface area contributed by atoms with Crippen LogP contribution >= 0.6 is 15.9 Å². The van der Waals surface area contributed by atoms with Crippen molar-refractivity contribution in [3.05, 3.63) is 99.8 Å². The average Bonchev–Trinajstić information content (AvgIpc) is 3.32. The molecule has 1 saturated carbocycles. The van der Waals surface area contributed by atoms with E-state index >= 15 is 0 Å². The third-order valence-corrected chi connectivity index (χ3v) is 7.07. The monoisotopic (exact) mass is 532 g/mol. The van der Waals surface area contributed by atoms with Crippen LogP contribution < -0.4 is 5.32 Å². The minimum atomic E-state index is -4.48. The van der Waals surface area contributed by atoms with Crippen LogP contribution in [0.3, 0.4) is 0 Å². The van der Waals surface area contributed by atoms with Gasteiger partial charge in [-0.2, -0.15) is 13.2 Å². The molecule has 0 radical (unpaired) electrons. The Labute approximate surface area is 206 Å². The number of hydrogen-bond donors (Lipinski definition) is 2. The van der Waals surface area contributed by atoms with E-state index in [-0.39, 0.29) is 0 Å². The topological polar surface area (TPSA) is 45.1 Å². The Morgan fingerprint density at radius 2 is 1.68 bits per heavy atom. The lowest BCUT2D eigenvalue weighted by molar-refractivity contribution is -0.137. The molecule has 1 aliphatic rings. The molecule has 180 valence electrons. The Kier molecular flexibility index (Phi) is 7.75. The van der Waals surface area contributed by atoms with Crippen LogP contribution in [0, 0.1) is 5.92 Å². The summed E-state index contributed by atoms with van der Waals surface area (Å²) in [6.07, 6.45) is 1.54. The summed E-state index contributed by atoms with van der Waals surface area (Å²) in [7, 11) is 0. The Balaban J connectivity index is 1.84. The molecule has 1 aliphatic carbocycles. The van der Waals surface area contributed by atoms with Gasteiger partial charge in [0.15, 0.2) is 0 Å². The molecule has 0 bridgehead atoms. The molecule has 4 rings (SSSR count). The van der Waals surface area contributed by atoms with Crippen molar-refractivity contribution in [2.75, 3.05) is 0 Å². The molecule has 2 unspecified atom stereocenters. The predicted octanol–water partition coefficient (Wildman–Crippen LogP) is 6.84. The largest absolute Gasteiger partial charge is 0.416 e. The fourth-order valence-electron chi connectivity index (χ4n) is 4.95. The van der Waals surface area contributed by atoms with Crippen molar-refractivity contribution in [2.45, 2.75) is 56.5 Å². The molecule has 3 aromatic rings. The molecule has 3 nitrogen and oxygen atoms in total. The third kappa shape index (κ3) is 5.88. The van der Waals surface area contributed by atoms with Crippen LogP contribution in [0.1, 0.15) is 54.5 Å². The molecule has 1 heterocycles. The second kappa shape index (κ2) is 10.6. The number of aromatic nitrogens is 1. The van der Waals surface area contributed by atoms with Crippen LogP contribution in [0.4, 0.5) is 13.2 Å². The first kappa shape index (κ1) is 24.9. The lowest BCUT2D eigenvalue weighted by atomic mass is 9.79. The minimum absolute atomic E-state index is 0.325. The van der Waals surface area contributed by atoms with E-state index in [2.05, 4.69) is 26.2 Å². The number of aliphatic hydroxyl groups excluding tert-OH is 1. The highest BCUT2D eigenvalue weighted by molar-refractivity contribution is 9.10. The van der Waals surface area contributed by atoms with E-state index in [1.807, 2.05) is 36.4 Å². The van der Waals surface area contributed by atoms with Gasteiger partial charge in [0.25, 0.3) is 0 Å². The molecule has 0 aliphatic heterocycles. The zero-order valence-electron chi connectivity index (χ0n) is 18.7. The second-order valence-corrected chi connectivity index (χ2v) is 9.97. The molecular weight excluding hydrogens is 505 g/mol. The summed E-state index contributed by atoms with van der Waals surface area (Å²) >= 11 is 3.40. The summed E-state index contributed by atoms with van der Waals surface area (Å²) in [6.45, 7) is 0. The van der Waals surface area contributed by atoms with Crippen molar-refractivity contribution in [1.29, 1.82) is 0 Å². The van der Waals surface area contributed by atoms with Crippen LogP contribution in [-0.2, 0) is 18.1 Å². The summed E-state index contributed by atoms with van der Waals surface area (Å²) < 4.78 is 41.8. The van der Waals surface area contributed by atoms with Gasteiger partial charge in [-0.1, -0.05) is 68.1 Å². The number of nitrogens with one attached hydrogen (secondary N) is 1. The molecule has 2 atom stereocenters. The van der Waals surface area contributed by atoms with Gasteiger partial charge in [-0.05, 0) is 63.7 Å². The van der Waals surface area contributed by atoms with Crippen LogP contribution in [0.15, 0.2) is 77.4 Å². The first-order chi connectivity index (χ1) is 16.3. The average molecular weight is 533 g/mol. The molecule has 34 heavy (non-hydrogen) atoms. The molecule has 2 aromatic carbocycles. The number of hydrogen-bond acceptors (Lipinski definition) is 3. The van der Waals surface area contributed by atoms with E-state index in [1.165, 1.54) is 12.1 Å².